The molecule has 0 aliphatic carbocycles. The smallest absolute Gasteiger partial charge is 0.314 e. The van der Waals surface area contributed by atoms with Gasteiger partial charge in [-0.05, 0) is 36.8 Å². The van der Waals surface area contributed by atoms with Crippen LogP contribution in [0.4, 0.5) is 0 Å². The van der Waals surface area contributed by atoms with E-state index in [1.807, 2.05) is 0 Å². The van der Waals surface area contributed by atoms with Gasteiger partial charge < -0.3 is 8.98 Å². The van der Waals surface area contributed by atoms with E-state index in [9.17, 15) is 14.9 Å². The van der Waals surface area contributed by atoms with Crippen LogP contribution in [-0.2, 0) is 6.54 Å². The van der Waals surface area contributed by atoms with Crippen molar-refractivity contribution in [3.8, 4) is 6.07 Å². The molecule has 0 saturated carbocycles. The third kappa shape index (κ3) is 3.42. The number of pyridine rings is 2. The van der Waals surface area contributed by atoms with E-state index in [0.29, 0.717) is 23.2 Å². The summed E-state index contributed by atoms with van der Waals surface area (Å²) >= 11 is 0. The predicted octanol–water partition coefficient (Wildman–Crippen LogP) is 3.05. The van der Waals surface area contributed by atoms with Crippen LogP contribution >= 0.6 is 0 Å². The number of unbranched alkanes of at least 4 members (excludes halogenated alkanes) is 2. The van der Waals surface area contributed by atoms with Crippen LogP contribution in [0.2, 0.25) is 0 Å². The van der Waals surface area contributed by atoms with Gasteiger partial charge in [-0.1, -0.05) is 25.8 Å². The highest BCUT2D eigenvalue weighted by atomic mass is 16.3. The molecule has 0 fully saturated rings. The fourth-order valence-corrected chi connectivity index (χ4v) is 3.36. The fraction of sp³-hybridized carbons (Fsp3) is 0.227. The molecule has 4 heterocycles. The molecule has 0 atom stereocenters. The molecule has 4 aromatic heterocycles. The highest BCUT2D eigenvalue weighted by Gasteiger charge is 2.16. The highest BCUT2D eigenvalue weighted by molar-refractivity contribution is 5.92. The third-order valence-corrected chi connectivity index (χ3v) is 4.83. The SMILES string of the molecule is CCCCCn1c(=NC(=O)c2ccco2)c(C#N)cc2c(=O)n3ccccc3nc21. The lowest BCUT2D eigenvalue weighted by Gasteiger charge is -2.13. The monoisotopic (exact) mass is 401 g/mol. The Morgan fingerprint density at radius 3 is 2.87 bits per heavy atom. The number of hydrogen-bond acceptors (Lipinski definition) is 5. The van der Waals surface area contributed by atoms with E-state index in [4.69, 9.17) is 4.42 Å². The summed E-state index contributed by atoms with van der Waals surface area (Å²) in [4.78, 5) is 34.4. The maximum Gasteiger partial charge on any atom is 0.314 e. The second-order valence-corrected chi connectivity index (χ2v) is 6.83. The summed E-state index contributed by atoms with van der Waals surface area (Å²) in [6.07, 6.45) is 5.75. The van der Waals surface area contributed by atoms with Crippen molar-refractivity contribution in [2.24, 2.45) is 4.99 Å². The standard InChI is InChI=1S/C22H19N5O3/c1-2-3-5-11-27-19(25-21(28)17-8-7-12-30-17)15(14-23)13-16-20(27)24-18-9-4-6-10-26(18)22(16)29/h4,6-10,12-13H,2-3,5,11H2,1H3. The predicted molar refractivity (Wildman–Crippen MR) is 110 cm³/mol. The molecule has 0 bridgehead atoms. The molecule has 0 aliphatic heterocycles. The van der Waals surface area contributed by atoms with Crippen molar-refractivity contribution < 1.29 is 9.21 Å². The molecule has 4 aromatic rings. The second-order valence-electron chi connectivity index (χ2n) is 6.83. The Balaban J connectivity index is 2.07. The van der Waals surface area contributed by atoms with Crippen molar-refractivity contribution in [2.75, 3.05) is 0 Å². The van der Waals surface area contributed by atoms with Gasteiger partial charge in [-0.15, -0.1) is 0 Å². The first-order valence-corrected chi connectivity index (χ1v) is 9.71. The minimum absolute atomic E-state index is 0.0747. The topological polar surface area (TPSA) is 106 Å². The van der Waals surface area contributed by atoms with Crippen LogP contribution in [0.5, 0.6) is 0 Å². The third-order valence-electron chi connectivity index (χ3n) is 4.83. The molecular formula is C22H19N5O3. The molecule has 0 unspecified atom stereocenters. The van der Waals surface area contributed by atoms with E-state index >= 15 is 0 Å². The Morgan fingerprint density at radius 1 is 1.27 bits per heavy atom. The summed E-state index contributed by atoms with van der Waals surface area (Å²) in [5, 5.41) is 10.0. The highest BCUT2D eigenvalue weighted by Crippen LogP contribution is 2.12. The van der Waals surface area contributed by atoms with Crippen molar-refractivity contribution in [2.45, 2.75) is 32.7 Å². The average molecular weight is 401 g/mol. The summed E-state index contributed by atoms with van der Waals surface area (Å²) in [6.45, 7) is 2.55. The number of hydrogen-bond donors (Lipinski definition) is 0. The second kappa shape index (κ2) is 8.17. The molecule has 0 aliphatic rings. The zero-order valence-electron chi connectivity index (χ0n) is 16.4. The number of rotatable bonds is 5. The summed E-state index contributed by atoms with van der Waals surface area (Å²) in [5.41, 5.74) is 0.906. The number of carbonyl (C=O) groups is 1. The van der Waals surface area contributed by atoms with E-state index < -0.39 is 5.91 Å². The van der Waals surface area contributed by atoms with Crippen molar-refractivity contribution in [1.82, 2.24) is 14.0 Å². The first-order valence-electron chi connectivity index (χ1n) is 9.71. The van der Waals surface area contributed by atoms with Crippen molar-refractivity contribution >= 4 is 22.6 Å². The Bertz CT molecular complexity index is 1410. The molecular weight excluding hydrogens is 382 g/mol. The number of aryl methyl sites for hydroxylation is 1. The van der Waals surface area contributed by atoms with Gasteiger partial charge in [-0.3, -0.25) is 14.0 Å². The number of nitrogens with zero attached hydrogens (tertiary/aromatic N) is 5. The molecule has 0 saturated heterocycles. The van der Waals surface area contributed by atoms with Gasteiger partial charge in [0.1, 0.15) is 17.4 Å². The Kier molecular flexibility index (Phi) is 5.26. The minimum atomic E-state index is -0.599. The van der Waals surface area contributed by atoms with Gasteiger partial charge in [0.05, 0.1) is 17.2 Å². The van der Waals surface area contributed by atoms with E-state index in [-0.39, 0.29) is 22.4 Å². The maximum atomic E-state index is 13.0. The summed E-state index contributed by atoms with van der Waals surface area (Å²) in [7, 11) is 0. The largest absolute Gasteiger partial charge is 0.459 e. The van der Waals surface area contributed by atoms with Crippen molar-refractivity contribution in [3.63, 3.8) is 0 Å². The van der Waals surface area contributed by atoms with Crippen LogP contribution in [0.25, 0.3) is 16.7 Å². The first kappa shape index (κ1) is 19.3. The molecule has 0 N–H and O–H groups in total. The van der Waals surface area contributed by atoms with Crippen LogP contribution in [0.3, 0.4) is 0 Å². The number of furan rings is 1. The Hall–Kier alpha value is -3.99. The molecule has 0 spiro atoms. The Morgan fingerprint density at radius 2 is 2.13 bits per heavy atom. The van der Waals surface area contributed by atoms with Crippen molar-refractivity contribution in [3.05, 3.63) is 76.0 Å². The minimum Gasteiger partial charge on any atom is -0.459 e. The van der Waals surface area contributed by atoms with E-state index in [1.165, 1.54) is 22.8 Å². The van der Waals surface area contributed by atoms with Crippen molar-refractivity contribution in [1.29, 1.82) is 5.26 Å². The zero-order chi connectivity index (χ0) is 21.1. The lowest BCUT2D eigenvalue weighted by atomic mass is 10.2. The maximum absolute atomic E-state index is 13.0. The molecule has 30 heavy (non-hydrogen) atoms. The van der Waals surface area contributed by atoms with Crippen LogP contribution in [0.15, 0.2) is 63.1 Å². The number of amides is 1. The summed E-state index contributed by atoms with van der Waals surface area (Å²) in [6, 6.07) is 11.9. The van der Waals surface area contributed by atoms with Gasteiger partial charge in [0.15, 0.2) is 11.2 Å². The van der Waals surface area contributed by atoms with Gasteiger partial charge in [0, 0.05) is 12.7 Å². The molecule has 8 nitrogen and oxygen atoms in total. The average Bonchev–Trinajstić information content (AvgIpc) is 3.30. The Labute approximate surface area is 171 Å². The normalized spacial score (nSPS) is 11.8. The summed E-state index contributed by atoms with van der Waals surface area (Å²) < 4.78 is 8.27. The summed E-state index contributed by atoms with van der Waals surface area (Å²) in [5.74, 6) is -0.525. The van der Waals surface area contributed by atoms with Gasteiger partial charge in [-0.2, -0.15) is 10.3 Å². The van der Waals surface area contributed by atoms with Gasteiger partial charge in [-0.25, -0.2) is 4.98 Å². The van der Waals surface area contributed by atoms with Gasteiger partial charge in [0.25, 0.3) is 5.56 Å². The fourth-order valence-electron chi connectivity index (χ4n) is 3.36. The van der Waals surface area contributed by atoms with Gasteiger partial charge >= 0.3 is 5.91 Å². The molecule has 0 aromatic carbocycles. The van der Waals surface area contributed by atoms with Crippen LogP contribution < -0.4 is 11.0 Å². The number of carbonyl (C=O) groups excluding carboxylic acids is 1. The molecule has 8 heteroatoms. The number of nitriles is 1. The van der Waals surface area contributed by atoms with Crippen LogP contribution in [0, 0.1) is 11.3 Å². The zero-order valence-corrected chi connectivity index (χ0v) is 16.4. The number of fused-ring (bicyclic) bond motifs is 2. The quantitative estimate of drug-likeness (QED) is 0.377. The van der Waals surface area contributed by atoms with Crippen LogP contribution in [0.1, 0.15) is 42.3 Å². The van der Waals surface area contributed by atoms with Gasteiger partial charge in [0.2, 0.25) is 0 Å². The van der Waals surface area contributed by atoms with E-state index in [1.54, 1.807) is 35.0 Å². The molecule has 4 rings (SSSR count). The molecule has 150 valence electrons. The number of aromatic nitrogens is 3. The lowest BCUT2D eigenvalue weighted by Crippen LogP contribution is -2.29. The lowest BCUT2D eigenvalue weighted by molar-refractivity contribution is 0.0970. The van der Waals surface area contributed by atoms with E-state index in [2.05, 4.69) is 23.0 Å². The first-order chi connectivity index (χ1) is 14.6. The molecule has 1 amide bonds. The van der Waals surface area contributed by atoms with E-state index in [0.717, 1.165) is 19.3 Å². The van der Waals surface area contributed by atoms with Crippen LogP contribution in [-0.4, -0.2) is 19.9 Å². The molecule has 0 radical (unpaired) electrons.